The van der Waals surface area contributed by atoms with Crippen LogP contribution in [0.1, 0.15) is 226 Å². The van der Waals surface area contributed by atoms with Gasteiger partial charge >= 0.3 is 25.7 Å². The van der Waals surface area contributed by atoms with E-state index < -0.39 is 57.8 Å². The molecule has 0 aliphatic rings. The Morgan fingerprint density at radius 3 is 1.22 bits per heavy atom. The quantitative estimate of drug-likeness (QED) is 0.0197. The molecular weight excluding hydrogens is 928 g/mol. The number of phosphoric acid groups is 1. The highest BCUT2D eigenvalue weighted by atomic mass is 31.2. The number of allylic oxidation sites excluding steroid dienone is 16. The average molecular weight is 1030 g/mol. The fraction of sp³-hybridized carbons (Fsp3) is 0.683. The number of aliphatic hydroxyl groups excluding tert-OH is 1. The van der Waals surface area contributed by atoms with Crippen LogP contribution < -0.4 is 0 Å². The van der Waals surface area contributed by atoms with Crippen LogP contribution in [0.5, 0.6) is 0 Å². The number of ether oxygens (including phenoxy) is 3. The Bertz CT molecular complexity index is 1580. The van der Waals surface area contributed by atoms with Gasteiger partial charge in [0, 0.05) is 19.3 Å². The van der Waals surface area contributed by atoms with Gasteiger partial charge in [-0.3, -0.25) is 23.4 Å². The third kappa shape index (κ3) is 51.3. The van der Waals surface area contributed by atoms with E-state index in [-0.39, 0.29) is 25.9 Å². The van der Waals surface area contributed by atoms with Crippen LogP contribution in [-0.2, 0) is 42.2 Å². The van der Waals surface area contributed by atoms with Crippen molar-refractivity contribution in [1.82, 2.24) is 0 Å². The lowest BCUT2D eigenvalue weighted by Gasteiger charge is -2.21. The average Bonchev–Trinajstić information content (AvgIpc) is 3.37. The minimum Gasteiger partial charge on any atom is -0.462 e. The fourth-order valence-corrected chi connectivity index (χ4v) is 8.03. The molecule has 0 radical (unpaired) electrons. The maximum atomic E-state index is 12.9. The van der Waals surface area contributed by atoms with Crippen molar-refractivity contribution in [2.45, 2.75) is 238 Å². The number of esters is 3. The zero-order chi connectivity index (χ0) is 52.7. The highest BCUT2D eigenvalue weighted by Crippen LogP contribution is 2.43. The van der Waals surface area contributed by atoms with Gasteiger partial charge in [0.05, 0.1) is 19.8 Å². The van der Waals surface area contributed by atoms with Crippen LogP contribution >= 0.6 is 7.82 Å². The van der Waals surface area contributed by atoms with E-state index in [1.54, 1.807) is 0 Å². The number of carbonyl (C=O) groups is 3. The number of carbonyl (C=O) groups excluding carboxylic acids is 3. The van der Waals surface area contributed by atoms with E-state index in [2.05, 4.69) is 106 Å². The molecule has 0 bridgehead atoms. The Labute approximate surface area is 438 Å². The number of rotatable bonds is 51. The van der Waals surface area contributed by atoms with Crippen molar-refractivity contribution in [2.75, 3.05) is 26.4 Å². The number of hydrogen-bond donors (Lipinski definition) is 2. The third-order valence-corrected chi connectivity index (χ3v) is 12.4. The molecule has 3 unspecified atom stereocenters. The number of phosphoric ester groups is 1. The number of hydrogen-bond acceptors (Lipinski definition) is 10. The summed E-state index contributed by atoms with van der Waals surface area (Å²) in [7, 11) is -4.77. The Morgan fingerprint density at radius 2 is 0.778 bits per heavy atom. The summed E-state index contributed by atoms with van der Waals surface area (Å²) in [5.41, 5.74) is 0. The fourth-order valence-electron chi connectivity index (χ4n) is 7.24. The molecule has 0 amide bonds. The van der Waals surface area contributed by atoms with Crippen molar-refractivity contribution in [3.05, 3.63) is 97.2 Å². The standard InChI is InChI=1S/C60H101O11P/c1-4-7-10-13-16-19-22-25-26-27-28-29-30-33-34-37-40-43-46-49-58(62)67-53-57(71-60(64)51-48-45-42-39-36-32-24-21-18-15-12-9-6-3)55-69-72(65,66)68-54-56(52-61)70-59(63)50-47-44-41-38-35-31-23-20-17-14-11-8-5-2/h7,10,12,15-16,19,21,24-26,28-29,33-34,40,43,56-57,61H,4-6,8-9,11,13-14,17-18,20,22-23,27,30-32,35-39,41-42,44-55H2,1-3H3,(H,65,66)/b10-7-,15-12-,19-16-,24-21-,26-25-,29-28-,34-33-,43-40-. The van der Waals surface area contributed by atoms with Crippen molar-refractivity contribution in [2.24, 2.45) is 0 Å². The van der Waals surface area contributed by atoms with Crippen LogP contribution in [0, 0.1) is 0 Å². The lowest BCUT2D eigenvalue weighted by atomic mass is 10.0. The van der Waals surface area contributed by atoms with E-state index in [1.165, 1.54) is 57.8 Å². The van der Waals surface area contributed by atoms with Crippen LogP contribution in [0.3, 0.4) is 0 Å². The summed E-state index contributed by atoms with van der Waals surface area (Å²) in [5, 5.41) is 9.80. The molecular formula is C60H101O11P. The van der Waals surface area contributed by atoms with Crippen molar-refractivity contribution in [3.63, 3.8) is 0 Å². The van der Waals surface area contributed by atoms with Crippen molar-refractivity contribution in [1.29, 1.82) is 0 Å². The van der Waals surface area contributed by atoms with Crippen LogP contribution in [0.4, 0.5) is 0 Å². The van der Waals surface area contributed by atoms with Crippen molar-refractivity contribution in [3.8, 4) is 0 Å². The van der Waals surface area contributed by atoms with E-state index in [4.69, 9.17) is 23.3 Å². The number of unbranched alkanes of at least 4 members (excludes halogenated alkanes) is 18. The van der Waals surface area contributed by atoms with E-state index in [1.807, 2.05) is 12.2 Å². The van der Waals surface area contributed by atoms with Crippen molar-refractivity contribution < 1.29 is 52.2 Å². The molecule has 0 aromatic heterocycles. The van der Waals surface area contributed by atoms with E-state index in [0.29, 0.717) is 19.3 Å². The van der Waals surface area contributed by atoms with Gasteiger partial charge in [-0.05, 0) is 83.5 Å². The van der Waals surface area contributed by atoms with Crippen LogP contribution in [0.15, 0.2) is 97.2 Å². The molecule has 0 saturated heterocycles. The molecule has 0 aliphatic carbocycles. The first kappa shape index (κ1) is 68.4. The SMILES string of the molecule is CC/C=C\C/C=C\C/C=C\C/C=C\C/C=C\C/C=C\CCC(=O)OCC(COP(=O)(O)OCC(CO)OC(=O)CCCCCCCCCCCCCCC)OC(=O)CCCCCCC/C=C\C/C=C\CCC. The van der Waals surface area contributed by atoms with Gasteiger partial charge in [-0.15, -0.1) is 0 Å². The van der Waals surface area contributed by atoms with Crippen molar-refractivity contribution >= 4 is 25.7 Å². The molecule has 412 valence electrons. The molecule has 72 heavy (non-hydrogen) atoms. The molecule has 0 spiro atoms. The van der Waals surface area contributed by atoms with Gasteiger partial charge in [-0.25, -0.2) is 4.57 Å². The summed E-state index contributed by atoms with van der Waals surface area (Å²) in [6, 6.07) is 0. The molecule has 11 nitrogen and oxygen atoms in total. The second-order valence-electron chi connectivity index (χ2n) is 18.4. The zero-order valence-electron chi connectivity index (χ0n) is 45.4. The Kier molecular flexibility index (Phi) is 51.0. The van der Waals surface area contributed by atoms with Gasteiger partial charge in [-0.1, -0.05) is 221 Å². The summed E-state index contributed by atoms with van der Waals surface area (Å²) in [6.45, 7) is 4.36. The van der Waals surface area contributed by atoms with Gasteiger partial charge in [-0.2, -0.15) is 0 Å². The van der Waals surface area contributed by atoms with Gasteiger partial charge in [0.1, 0.15) is 12.7 Å². The second kappa shape index (κ2) is 53.7. The van der Waals surface area contributed by atoms with Gasteiger partial charge in [0.15, 0.2) is 6.10 Å². The van der Waals surface area contributed by atoms with E-state index in [9.17, 15) is 28.9 Å². The molecule has 0 heterocycles. The summed E-state index contributed by atoms with van der Waals surface area (Å²) in [6.07, 6.45) is 62.4. The molecule has 12 heteroatoms. The molecule has 0 rings (SSSR count). The largest absolute Gasteiger partial charge is 0.472 e. The normalized spacial score (nSPS) is 14.1. The second-order valence-corrected chi connectivity index (χ2v) is 19.8. The molecule has 0 fully saturated rings. The molecule has 0 saturated carbocycles. The molecule has 0 aromatic carbocycles. The Morgan fingerprint density at radius 1 is 0.403 bits per heavy atom. The van der Waals surface area contributed by atoms with Crippen LogP contribution in [0.2, 0.25) is 0 Å². The van der Waals surface area contributed by atoms with Crippen LogP contribution in [0.25, 0.3) is 0 Å². The lowest BCUT2D eigenvalue weighted by Crippen LogP contribution is -2.30. The maximum Gasteiger partial charge on any atom is 0.472 e. The minimum absolute atomic E-state index is 0.0950. The summed E-state index contributed by atoms with van der Waals surface area (Å²) in [4.78, 5) is 48.4. The first-order valence-corrected chi connectivity index (χ1v) is 29.6. The van der Waals surface area contributed by atoms with Gasteiger partial charge < -0.3 is 24.2 Å². The molecule has 0 aliphatic heterocycles. The first-order valence-electron chi connectivity index (χ1n) is 28.1. The monoisotopic (exact) mass is 1030 g/mol. The topological polar surface area (TPSA) is 155 Å². The van der Waals surface area contributed by atoms with Crippen LogP contribution in [-0.4, -0.2) is 66.5 Å². The van der Waals surface area contributed by atoms with E-state index >= 15 is 0 Å². The number of aliphatic hydroxyl groups is 1. The summed E-state index contributed by atoms with van der Waals surface area (Å²) < 4.78 is 39.4. The predicted molar refractivity (Wildman–Crippen MR) is 297 cm³/mol. The maximum absolute atomic E-state index is 12.9. The van der Waals surface area contributed by atoms with Gasteiger partial charge in [0.25, 0.3) is 0 Å². The highest BCUT2D eigenvalue weighted by Gasteiger charge is 2.28. The Balaban J connectivity index is 4.83. The molecule has 2 N–H and O–H groups in total. The smallest absolute Gasteiger partial charge is 0.462 e. The summed E-state index contributed by atoms with van der Waals surface area (Å²) in [5.74, 6) is -1.59. The lowest BCUT2D eigenvalue weighted by molar-refractivity contribution is -0.161. The highest BCUT2D eigenvalue weighted by molar-refractivity contribution is 7.47. The van der Waals surface area contributed by atoms with Gasteiger partial charge in [0.2, 0.25) is 0 Å². The predicted octanol–water partition coefficient (Wildman–Crippen LogP) is 16.5. The third-order valence-electron chi connectivity index (χ3n) is 11.5. The zero-order valence-corrected chi connectivity index (χ0v) is 46.3. The Hall–Kier alpha value is -3.60. The minimum atomic E-state index is -4.77. The molecule has 3 atom stereocenters. The first-order chi connectivity index (χ1) is 35.2. The summed E-state index contributed by atoms with van der Waals surface area (Å²) >= 11 is 0. The molecule has 0 aromatic rings. The van der Waals surface area contributed by atoms with E-state index in [0.717, 1.165) is 109 Å².